The van der Waals surface area contributed by atoms with Crippen molar-refractivity contribution in [1.82, 2.24) is 10.2 Å². The van der Waals surface area contributed by atoms with E-state index in [-0.39, 0.29) is 19.4 Å². The number of hydrogen-bond donors (Lipinski definition) is 1. The maximum absolute atomic E-state index is 13.0. The van der Waals surface area contributed by atoms with Gasteiger partial charge in [0, 0.05) is 19.5 Å². The summed E-state index contributed by atoms with van der Waals surface area (Å²) < 4.78 is 38.9. The highest BCUT2D eigenvalue weighted by Crippen LogP contribution is 2.38. The van der Waals surface area contributed by atoms with E-state index in [0.29, 0.717) is 12.8 Å². The molecule has 1 aliphatic carbocycles. The molecular weight excluding hydrogens is 311 g/mol. The zero-order chi connectivity index (χ0) is 17.3. The fourth-order valence-electron chi connectivity index (χ4n) is 3.47. The summed E-state index contributed by atoms with van der Waals surface area (Å²) in [5, 5.41) is 12.0. The Labute approximate surface area is 132 Å². The molecule has 0 aromatic heterocycles. The average molecular weight is 331 g/mol. The van der Waals surface area contributed by atoms with Crippen LogP contribution in [0.3, 0.4) is 0 Å². The lowest BCUT2D eigenvalue weighted by atomic mass is 9.86. The molecule has 1 saturated carbocycles. The number of alkyl halides is 3. The number of nitrogens with zero attached hydrogens (tertiary/aromatic N) is 2. The second-order valence-electron chi connectivity index (χ2n) is 6.38. The molecule has 2 rings (SSSR count). The molecule has 1 aliphatic heterocycles. The normalized spacial score (nSPS) is 27.3. The Bertz CT molecular complexity index is 521. The van der Waals surface area contributed by atoms with E-state index in [4.69, 9.17) is 0 Å². The fraction of sp³-hybridized carbons (Fsp3) is 0.800. The van der Waals surface area contributed by atoms with Crippen LogP contribution in [-0.2, 0) is 9.59 Å². The van der Waals surface area contributed by atoms with E-state index in [9.17, 15) is 28.0 Å². The first-order chi connectivity index (χ1) is 10.7. The summed E-state index contributed by atoms with van der Waals surface area (Å²) in [7, 11) is 0. The van der Waals surface area contributed by atoms with E-state index in [1.54, 1.807) is 0 Å². The number of hydrogen-bond acceptors (Lipinski definition) is 3. The quantitative estimate of drug-likeness (QED) is 0.842. The zero-order valence-electron chi connectivity index (χ0n) is 12.9. The molecule has 0 spiro atoms. The number of nitrogens with one attached hydrogen (secondary N) is 1. The highest BCUT2D eigenvalue weighted by Gasteiger charge is 2.48. The van der Waals surface area contributed by atoms with Gasteiger partial charge < -0.3 is 10.2 Å². The summed E-state index contributed by atoms with van der Waals surface area (Å²) in [5.74, 6) is -1.08. The molecule has 1 N–H and O–H groups in total. The summed E-state index contributed by atoms with van der Waals surface area (Å²) >= 11 is 0. The summed E-state index contributed by atoms with van der Waals surface area (Å²) in [6.45, 7) is 0.920. The van der Waals surface area contributed by atoms with Gasteiger partial charge in [0.25, 0.3) is 0 Å². The summed E-state index contributed by atoms with van der Waals surface area (Å²) in [6.07, 6.45) is -2.04. The molecule has 128 valence electrons. The van der Waals surface area contributed by atoms with Crippen molar-refractivity contribution >= 4 is 11.8 Å². The van der Waals surface area contributed by atoms with Crippen molar-refractivity contribution in [2.75, 3.05) is 6.54 Å². The molecule has 1 saturated heterocycles. The van der Waals surface area contributed by atoms with Crippen LogP contribution >= 0.6 is 0 Å². The van der Waals surface area contributed by atoms with Crippen LogP contribution in [0.1, 0.15) is 45.4 Å². The Morgan fingerprint density at radius 2 is 1.87 bits per heavy atom. The van der Waals surface area contributed by atoms with Crippen LogP contribution in [-0.4, -0.2) is 41.5 Å². The maximum atomic E-state index is 13.0. The number of halogens is 3. The van der Waals surface area contributed by atoms with E-state index < -0.39 is 35.5 Å². The first kappa shape index (κ1) is 17.6. The molecule has 2 amide bonds. The third-order valence-corrected chi connectivity index (χ3v) is 4.81. The van der Waals surface area contributed by atoms with Crippen molar-refractivity contribution in [1.29, 1.82) is 5.26 Å². The summed E-state index contributed by atoms with van der Waals surface area (Å²) in [6, 6.07) is -0.286. The largest absolute Gasteiger partial charge is 0.408 e. The van der Waals surface area contributed by atoms with Gasteiger partial charge in [-0.1, -0.05) is 12.8 Å². The van der Waals surface area contributed by atoms with E-state index in [1.165, 1.54) is 0 Å². The highest BCUT2D eigenvalue weighted by atomic mass is 19.4. The van der Waals surface area contributed by atoms with E-state index in [2.05, 4.69) is 11.4 Å². The van der Waals surface area contributed by atoms with Crippen molar-refractivity contribution in [2.45, 2.75) is 63.7 Å². The molecule has 0 bridgehead atoms. The fourth-order valence-corrected chi connectivity index (χ4v) is 3.47. The Morgan fingerprint density at radius 3 is 2.35 bits per heavy atom. The van der Waals surface area contributed by atoms with Gasteiger partial charge in [0.1, 0.15) is 11.5 Å². The van der Waals surface area contributed by atoms with Gasteiger partial charge in [-0.25, -0.2) is 0 Å². The number of rotatable bonds is 2. The van der Waals surface area contributed by atoms with E-state index in [0.717, 1.165) is 24.7 Å². The van der Waals surface area contributed by atoms with Crippen LogP contribution in [0.2, 0.25) is 0 Å². The predicted octanol–water partition coefficient (Wildman–Crippen LogP) is 2.13. The minimum Gasteiger partial charge on any atom is -0.350 e. The van der Waals surface area contributed by atoms with Gasteiger partial charge in [-0.15, -0.1) is 0 Å². The van der Waals surface area contributed by atoms with Crippen molar-refractivity contribution < 1.29 is 22.8 Å². The van der Waals surface area contributed by atoms with Crippen molar-refractivity contribution in [3.63, 3.8) is 0 Å². The van der Waals surface area contributed by atoms with Crippen LogP contribution in [0.4, 0.5) is 13.2 Å². The SMILES string of the molecule is CC(=O)N1CC(NC(=O)C2(C#N)CCCC2)CCC1C(F)(F)F. The van der Waals surface area contributed by atoms with Crippen LogP contribution in [0.5, 0.6) is 0 Å². The Morgan fingerprint density at radius 1 is 1.26 bits per heavy atom. The third-order valence-electron chi connectivity index (χ3n) is 4.81. The van der Waals surface area contributed by atoms with Crippen LogP contribution in [0.25, 0.3) is 0 Å². The molecule has 1 heterocycles. The second-order valence-corrected chi connectivity index (χ2v) is 6.38. The van der Waals surface area contributed by atoms with Gasteiger partial charge in [-0.3, -0.25) is 9.59 Å². The Kier molecular flexibility index (Phi) is 4.87. The molecule has 5 nitrogen and oxygen atoms in total. The molecule has 2 aliphatic rings. The highest BCUT2D eigenvalue weighted by molar-refractivity contribution is 5.86. The molecule has 0 radical (unpaired) electrons. The lowest BCUT2D eigenvalue weighted by Gasteiger charge is -2.40. The van der Waals surface area contributed by atoms with Crippen LogP contribution in [0.15, 0.2) is 0 Å². The lowest BCUT2D eigenvalue weighted by molar-refractivity contribution is -0.196. The summed E-state index contributed by atoms with van der Waals surface area (Å²) in [4.78, 5) is 24.7. The van der Waals surface area contributed by atoms with Crippen molar-refractivity contribution in [3.8, 4) is 6.07 Å². The first-order valence-electron chi connectivity index (χ1n) is 7.76. The van der Waals surface area contributed by atoms with Gasteiger partial charge in [0.15, 0.2) is 0 Å². The van der Waals surface area contributed by atoms with Gasteiger partial charge in [0.05, 0.1) is 6.07 Å². The molecule has 23 heavy (non-hydrogen) atoms. The summed E-state index contributed by atoms with van der Waals surface area (Å²) in [5.41, 5.74) is -1.07. The first-order valence-corrected chi connectivity index (χ1v) is 7.76. The second kappa shape index (κ2) is 6.38. The zero-order valence-corrected chi connectivity index (χ0v) is 12.9. The molecule has 0 aromatic carbocycles. The minimum absolute atomic E-state index is 0.140. The third kappa shape index (κ3) is 3.59. The molecular formula is C15H20F3N3O2. The number of carbonyl (C=O) groups excluding carboxylic acids is 2. The molecule has 8 heteroatoms. The van der Waals surface area contributed by atoms with Crippen LogP contribution in [0, 0.1) is 16.7 Å². The van der Waals surface area contributed by atoms with Gasteiger partial charge in [0.2, 0.25) is 11.8 Å². The monoisotopic (exact) mass is 331 g/mol. The standard InChI is InChI=1S/C15H20F3N3O2/c1-10(22)21-8-11(4-5-12(21)15(16,17)18)20-13(23)14(9-19)6-2-3-7-14/h11-12H,2-8H2,1H3,(H,20,23). The van der Waals surface area contributed by atoms with Crippen molar-refractivity contribution in [2.24, 2.45) is 5.41 Å². The van der Waals surface area contributed by atoms with Gasteiger partial charge >= 0.3 is 6.18 Å². The Balaban J connectivity index is 2.04. The Hall–Kier alpha value is -1.78. The number of carbonyl (C=O) groups is 2. The molecule has 2 atom stereocenters. The topological polar surface area (TPSA) is 73.2 Å². The van der Waals surface area contributed by atoms with Crippen LogP contribution < -0.4 is 5.32 Å². The number of likely N-dealkylation sites (tertiary alicyclic amines) is 1. The van der Waals surface area contributed by atoms with E-state index >= 15 is 0 Å². The van der Waals surface area contributed by atoms with Crippen molar-refractivity contribution in [3.05, 3.63) is 0 Å². The number of piperidine rings is 1. The smallest absolute Gasteiger partial charge is 0.350 e. The average Bonchev–Trinajstić information content (AvgIpc) is 2.96. The van der Waals surface area contributed by atoms with Gasteiger partial charge in [-0.2, -0.15) is 18.4 Å². The van der Waals surface area contributed by atoms with E-state index in [1.807, 2.05) is 0 Å². The van der Waals surface area contributed by atoms with Gasteiger partial charge in [-0.05, 0) is 25.7 Å². The molecule has 2 unspecified atom stereocenters. The number of nitriles is 1. The molecule has 0 aromatic rings. The minimum atomic E-state index is -4.47. The molecule has 2 fully saturated rings. The number of amides is 2. The lowest BCUT2D eigenvalue weighted by Crippen LogP contribution is -2.58. The predicted molar refractivity (Wildman–Crippen MR) is 74.9 cm³/mol. The maximum Gasteiger partial charge on any atom is 0.408 e.